The molecule has 0 aliphatic heterocycles. The van der Waals surface area contributed by atoms with Crippen LogP contribution in [0.3, 0.4) is 0 Å². The molecule has 9 heteroatoms. The third-order valence-corrected chi connectivity index (χ3v) is 7.74. The molecule has 28 heavy (non-hydrogen) atoms. The van der Waals surface area contributed by atoms with E-state index in [0.717, 1.165) is 68.5 Å². The van der Waals surface area contributed by atoms with E-state index in [0.29, 0.717) is 26.2 Å². The molecule has 0 aromatic rings. The Morgan fingerprint density at radius 3 is 1.64 bits per heavy atom. The van der Waals surface area contributed by atoms with Crippen LogP contribution < -0.4 is 0 Å². The minimum absolute atomic E-state index is 0.0146. The molecule has 0 aromatic heterocycles. The summed E-state index contributed by atoms with van der Waals surface area (Å²) in [5.41, 5.74) is 0.0146. The van der Waals surface area contributed by atoms with E-state index in [-0.39, 0.29) is 5.73 Å². The summed E-state index contributed by atoms with van der Waals surface area (Å²) in [5, 5.41) is 0. The highest BCUT2D eigenvalue weighted by atomic mass is 28.3. The van der Waals surface area contributed by atoms with Crippen LogP contribution in [0.5, 0.6) is 0 Å². The summed E-state index contributed by atoms with van der Waals surface area (Å²) in [6.45, 7) is 11.3. The van der Waals surface area contributed by atoms with Gasteiger partial charge in [-0.15, -0.1) is 0 Å². The van der Waals surface area contributed by atoms with Crippen LogP contribution in [0.4, 0.5) is 0 Å². The zero-order valence-corrected chi connectivity index (χ0v) is 24.0. The lowest BCUT2D eigenvalue weighted by Crippen LogP contribution is -2.45. The van der Waals surface area contributed by atoms with Crippen molar-refractivity contribution < 1.29 is 27.2 Å². The van der Waals surface area contributed by atoms with Crippen LogP contribution in [-0.2, 0) is 27.2 Å². The Morgan fingerprint density at radius 2 is 1.21 bits per heavy atom. The van der Waals surface area contributed by atoms with Gasteiger partial charge in [0.2, 0.25) is 0 Å². The van der Waals surface area contributed by atoms with E-state index >= 15 is 0 Å². The predicted molar refractivity (Wildman–Crippen MR) is 124 cm³/mol. The summed E-state index contributed by atoms with van der Waals surface area (Å²) in [6, 6.07) is 0. The van der Waals surface area contributed by atoms with Gasteiger partial charge in [-0.2, -0.15) is 0 Å². The van der Waals surface area contributed by atoms with Crippen molar-refractivity contribution in [3.8, 4) is 0 Å². The summed E-state index contributed by atoms with van der Waals surface area (Å²) in [5.74, 6) is -1.02. The molecular weight excluding hydrogens is 408 g/mol. The van der Waals surface area contributed by atoms with E-state index in [1.54, 1.807) is 0 Å². The van der Waals surface area contributed by atoms with Crippen molar-refractivity contribution >= 4 is 30.3 Å². The van der Waals surface area contributed by atoms with Crippen molar-refractivity contribution in [2.45, 2.75) is 97.2 Å². The van der Waals surface area contributed by atoms with Crippen molar-refractivity contribution in [3.05, 3.63) is 0 Å². The molecule has 1 unspecified atom stereocenters. The number of rotatable bonds is 22. The molecule has 6 nitrogen and oxygen atoms in total. The topological polar surface area (TPSA) is 55.4 Å². The maximum Gasteiger partial charge on any atom is 0.285 e. The molecule has 170 valence electrons. The second kappa shape index (κ2) is 20.7. The molecule has 0 aliphatic carbocycles. The molecule has 0 saturated carbocycles. The van der Waals surface area contributed by atoms with Gasteiger partial charge in [-0.3, -0.25) is 0 Å². The van der Waals surface area contributed by atoms with Gasteiger partial charge < -0.3 is 27.2 Å². The lowest BCUT2D eigenvalue weighted by Gasteiger charge is -2.36. The molecule has 0 N–H and O–H groups in total. The number of ether oxygens (including phenoxy) is 4. The Labute approximate surface area is 181 Å². The van der Waals surface area contributed by atoms with Crippen LogP contribution in [0.2, 0.25) is 0 Å². The molecular formula is C19H46O6Si3. The Morgan fingerprint density at radius 1 is 0.750 bits per heavy atom. The van der Waals surface area contributed by atoms with Gasteiger partial charge in [-0.1, -0.05) is 53.4 Å². The van der Waals surface area contributed by atoms with Gasteiger partial charge in [-0.25, -0.2) is 0 Å². The fourth-order valence-corrected chi connectivity index (χ4v) is 6.86. The van der Waals surface area contributed by atoms with Crippen molar-refractivity contribution in [1.82, 2.24) is 0 Å². The molecule has 0 saturated heterocycles. The monoisotopic (exact) mass is 454 g/mol. The van der Waals surface area contributed by atoms with Crippen molar-refractivity contribution in [2.24, 2.45) is 0 Å². The third kappa shape index (κ3) is 15.3. The first kappa shape index (κ1) is 28.4. The molecule has 0 radical (unpaired) electrons. The molecule has 0 heterocycles. The van der Waals surface area contributed by atoms with Gasteiger partial charge >= 0.3 is 0 Å². The van der Waals surface area contributed by atoms with Gasteiger partial charge in [0.15, 0.2) is 9.76 Å². The van der Waals surface area contributed by atoms with Crippen molar-refractivity contribution in [3.63, 3.8) is 0 Å². The smallest absolute Gasteiger partial charge is 0.285 e. The minimum atomic E-state index is -1.02. The summed E-state index contributed by atoms with van der Waals surface area (Å²) in [7, 11) is -0.979. The summed E-state index contributed by atoms with van der Waals surface area (Å²) >= 11 is 0. The number of hydrogen-bond donors (Lipinski definition) is 0. The molecule has 0 aliphatic rings. The fraction of sp³-hybridized carbons (Fsp3) is 1.00. The quantitative estimate of drug-likeness (QED) is 0.142. The van der Waals surface area contributed by atoms with E-state index in [1.165, 1.54) is 0 Å². The van der Waals surface area contributed by atoms with Crippen LogP contribution in [0, 0.1) is 0 Å². The van der Waals surface area contributed by atoms with Gasteiger partial charge in [0.25, 0.3) is 16.0 Å². The second-order valence-electron chi connectivity index (χ2n) is 7.12. The summed E-state index contributed by atoms with van der Waals surface area (Å²) in [4.78, 5) is 0. The van der Waals surface area contributed by atoms with Crippen LogP contribution in [0.15, 0.2) is 0 Å². The molecule has 0 rings (SSSR count). The first-order chi connectivity index (χ1) is 13.7. The lowest BCUT2D eigenvalue weighted by molar-refractivity contribution is -0.388. The van der Waals surface area contributed by atoms with E-state index in [9.17, 15) is 0 Å². The second-order valence-corrected chi connectivity index (χ2v) is 12.5. The average molecular weight is 455 g/mol. The lowest BCUT2D eigenvalue weighted by atomic mass is 10.3. The van der Waals surface area contributed by atoms with Gasteiger partial charge in [-0.05, 0) is 25.7 Å². The van der Waals surface area contributed by atoms with E-state index in [4.69, 9.17) is 27.2 Å². The van der Waals surface area contributed by atoms with Crippen LogP contribution in [0.25, 0.3) is 0 Å². The first-order valence-corrected chi connectivity index (χ1v) is 14.6. The van der Waals surface area contributed by atoms with Crippen LogP contribution in [-0.4, -0.2) is 68.4 Å². The van der Waals surface area contributed by atoms with E-state index < -0.39 is 25.7 Å². The van der Waals surface area contributed by atoms with E-state index in [1.807, 2.05) is 0 Å². The summed E-state index contributed by atoms with van der Waals surface area (Å²) < 4.78 is 36.1. The SMILES string of the molecule is CCCCOC(CC(OCCCC)(OCCCC)OCCCC)[SiH2]O[SiH2]O[SiH3]. The van der Waals surface area contributed by atoms with Gasteiger partial charge in [0.1, 0.15) is 10.5 Å². The first-order valence-electron chi connectivity index (χ1n) is 11.3. The fourth-order valence-electron chi connectivity index (χ4n) is 2.52. The van der Waals surface area contributed by atoms with Crippen LogP contribution in [0.1, 0.15) is 85.5 Å². The van der Waals surface area contributed by atoms with E-state index in [2.05, 4.69) is 27.7 Å². The van der Waals surface area contributed by atoms with Gasteiger partial charge in [0.05, 0.1) is 32.0 Å². The Balaban J connectivity index is 5.15. The number of unbranched alkanes of at least 4 members (excludes halogenated alkanes) is 4. The molecule has 0 fully saturated rings. The predicted octanol–water partition coefficient (Wildman–Crippen LogP) is 2.02. The standard InChI is InChI=1S/C19H46O6Si3/c1-5-9-13-20-18(27-25-28-24-26)17-19(21-14-10-6-2,22-15-11-7-3)23-16-12-8-4/h18H,5-17,27-28H2,1-4,26H3. The number of hydrogen-bond acceptors (Lipinski definition) is 6. The van der Waals surface area contributed by atoms with Crippen molar-refractivity contribution in [2.75, 3.05) is 26.4 Å². The van der Waals surface area contributed by atoms with Gasteiger partial charge in [0, 0.05) is 6.61 Å². The Bertz CT molecular complexity index is 290. The maximum absolute atomic E-state index is 6.24. The zero-order valence-electron chi connectivity index (χ0n) is 19.1. The Hall–Kier alpha value is 0.411. The molecule has 0 aromatic carbocycles. The zero-order chi connectivity index (χ0) is 20.9. The molecule has 0 bridgehead atoms. The Kier molecular flexibility index (Phi) is 21.0. The van der Waals surface area contributed by atoms with Crippen molar-refractivity contribution in [1.29, 1.82) is 0 Å². The summed E-state index contributed by atoms with van der Waals surface area (Å²) in [6.07, 6.45) is 8.97. The van der Waals surface area contributed by atoms with Crippen LogP contribution >= 0.6 is 0 Å². The molecule has 0 spiro atoms. The highest BCUT2D eigenvalue weighted by molar-refractivity contribution is 6.42. The normalized spacial score (nSPS) is 14.1. The minimum Gasteiger partial charge on any atom is -0.449 e. The molecule has 0 amide bonds. The largest absolute Gasteiger partial charge is 0.449 e. The third-order valence-electron chi connectivity index (χ3n) is 4.29. The average Bonchev–Trinajstić information content (AvgIpc) is 2.69. The maximum atomic E-state index is 6.24. The molecule has 1 atom stereocenters. The highest BCUT2D eigenvalue weighted by Crippen LogP contribution is 2.25. The highest BCUT2D eigenvalue weighted by Gasteiger charge is 2.37.